The lowest BCUT2D eigenvalue weighted by Crippen LogP contribution is -2.30. The van der Waals surface area contributed by atoms with Crippen LogP contribution in [0.5, 0.6) is 0 Å². The summed E-state index contributed by atoms with van der Waals surface area (Å²) in [6, 6.07) is 6.94. The topological polar surface area (TPSA) is 40.5 Å². The van der Waals surface area contributed by atoms with Gasteiger partial charge in [0.1, 0.15) is 6.10 Å². The minimum absolute atomic E-state index is 0.490. The molecule has 2 rings (SSSR count). The van der Waals surface area contributed by atoms with Crippen molar-refractivity contribution in [3.63, 3.8) is 0 Å². The molecular formula is C9H8Cl2O2. The first-order valence-electron chi connectivity index (χ1n) is 3.88. The molecule has 0 spiro atoms. The molecule has 1 aromatic carbocycles. The minimum atomic E-state index is -1.75. The van der Waals surface area contributed by atoms with Crippen LogP contribution in [0.2, 0.25) is 0 Å². The molecule has 0 heterocycles. The maximum Gasteiger partial charge on any atom is 0.192 e. The number of rotatable bonds is 0. The molecule has 1 aromatic rings. The van der Waals surface area contributed by atoms with E-state index in [1.807, 2.05) is 0 Å². The Morgan fingerprint density at radius 3 is 2.54 bits per heavy atom. The Balaban J connectivity index is 2.61. The third-order valence-corrected chi connectivity index (χ3v) is 3.21. The standard InChI is InChI=1S/C9H8Cl2O2/c10-7-5-3-1-2-4-6(5)9(11,13)8(7)12/h1-4,7-8,12-13H. The molecule has 3 unspecified atom stereocenters. The van der Waals surface area contributed by atoms with Crippen molar-refractivity contribution in [3.05, 3.63) is 35.4 Å². The highest BCUT2D eigenvalue weighted by Crippen LogP contribution is 2.48. The van der Waals surface area contributed by atoms with E-state index in [1.54, 1.807) is 24.3 Å². The smallest absolute Gasteiger partial charge is 0.192 e. The molecule has 0 aliphatic heterocycles. The van der Waals surface area contributed by atoms with Gasteiger partial charge in [-0.05, 0) is 5.56 Å². The first-order chi connectivity index (χ1) is 6.05. The molecule has 0 bridgehead atoms. The van der Waals surface area contributed by atoms with Crippen molar-refractivity contribution in [2.24, 2.45) is 0 Å². The van der Waals surface area contributed by atoms with E-state index < -0.39 is 16.5 Å². The lowest BCUT2D eigenvalue weighted by atomic mass is 10.1. The second-order valence-electron chi connectivity index (χ2n) is 3.11. The van der Waals surface area contributed by atoms with E-state index >= 15 is 0 Å². The van der Waals surface area contributed by atoms with Gasteiger partial charge in [0, 0.05) is 5.56 Å². The lowest BCUT2D eigenvalue weighted by molar-refractivity contribution is -0.00463. The van der Waals surface area contributed by atoms with Crippen molar-refractivity contribution in [3.8, 4) is 0 Å². The van der Waals surface area contributed by atoms with E-state index in [0.29, 0.717) is 11.1 Å². The van der Waals surface area contributed by atoms with Crippen LogP contribution < -0.4 is 0 Å². The number of fused-ring (bicyclic) bond motifs is 1. The molecule has 0 radical (unpaired) electrons. The van der Waals surface area contributed by atoms with Crippen molar-refractivity contribution >= 4 is 23.2 Å². The van der Waals surface area contributed by atoms with E-state index in [1.165, 1.54) is 0 Å². The van der Waals surface area contributed by atoms with Crippen molar-refractivity contribution < 1.29 is 10.2 Å². The summed E-state index contributed by atoms with van der Waals surface area (Å²) in [5.74, 6) is 0. The molecule has 2 N–H and O–H groups in total. The number of aliphatic hydroxyl groups excluding tert-OH is 1. The summed E-state index contributed by atoms with van der Waals surface area (Å²) in [5.41, 5.74) is 1.18. The molecule has 1 aliphatic rings. The fourth-order valence-corrected chi connectivity index (χ4v) is 2.32. The van der Waals surface area contributed by atoms with E-state index in [2.05, 4.69) is 0 Å². The largest absolute Gasteiger partial charge is 0.386 e. The van der Waals surface area contributed by atoms with Gasteiger partial charge < -0.3 is 10.2 Å². The number of halogens is 2. The van der Waals surface area contributed by atoms with Crippen molar-refractivity contribution in [1.29, 1.82) is 0 Å². The Morgan fingerprint density at radius 2 is 1.92 bits per heavy atom. The van der Waals surface area contributed by atoms with Crippen LogP contribution in [0.1, 0.15) is 16.5 Å². The first-order valence-corrected chi connectivity index (χ1v) is 4.69. The lowest BCUT2D eigenvalue weighted by Gasteiger charge is -2.20. The fourth-order valence-electron chi connectivity index (χ4n) is 1.58. The van der Waals surface area contributed by atoms with Crippen molar-refractivity contribution in [2.75, 3.05) is 0 Å². The average molecular weight is 219 g/mol. The molecule has 0 aromatic heterocycles. The SMILES string of the molecule is OC1C(Cl)c2ccccc2C1(O)Cl. The van der Waals surface area contributed by atoms with Crippen LogP contribution in [0, 0.1) is 0 Å². The Hall–Kier alpha value is -0.280. The van der Waals surface area contributed by atoms with E-state index in [4.69, 9.17) is 23.2 Å². The van der Waals surface area contributed by atoms with Crippen LogP contribution in [-0.4, -0.2) is 16.3 Å². The Morgan fingerprint density at radius 1 is 1.31 bits per heavy atom. The molecule has 4 heteroatoms. The third-order valence-electron chi connectivity index (χ3n) is 2.30. The number of hydrogen-bond donors (Lipinski definition) is 2. The second kappa shape index (κ2) is 2.85. The summed E-state index contributed by atoms with van der Waals surface area (Å²) < 4.78 is 0. The molecular weight excluding hydrogens is 211 g/mol. The third kappa shape index (κ3) is 1.17. The molecule has 0 fully saturated rings. The minimum Gasteiger partial charge on any atom is -0.386 e. The highest BCUT2D eigenvalue weighted by Gasteiger charge is 2.48. The van der Waals surface area contributed by atoms with Crippen molar-refractivity contribution in [2.45, 2.75) is 16.5 Å². The number of benzene rings is 1. The predicted molar refractivity (Wildman–Crippen MR) is 50.8 cm³/mol. The highest BCUT2D eigenvalue weighted by atomic mass is 35.5. The summed E-state index contributed by atoms with van der Waals surface area (Å²) >= 11 is 11.6. The van der Waals surface area contributed by atoms with E-state index in [0.717, 1.165) is 0 Å². The summed E-state index contributed by atoms with van der Waals surface area (Å²) in [5, 5.41) is 16.9. The van der Waals surface area contributed by atoms with Crippen molar-refractivity contribution in [1.82, 2.24) is 0 Å². The first kappa shape index (κ1) is 9.28. The maximum atomic E-state index is 9.72. The van der Waals surface area contributed by atoms with Gasteiger partial charge in [-0.25, -0.2) is 0 Å². The Bertz CT molecular complexity index is 338. The molecule has 0 saturated heterocycles. The zero-order valence-corrected chi connectivity index (χ0v) is 8.13. The summed E-state index contributed by atoms with van der Waals surface area (Å²) in [6.07, 6.45) is -1.16. The van der Waals surface area contributed by atoms with Gasteiger partial charge in [-0.15, -0.1) is 11.6 Å². The Kier molecular flexibility index (Phi) is 2.04. The monoisotopic (exact) mass is 218 g/mol. The summed E-state index contributed by atoms with van der Waals surface area (Å²) in [4.78, 5) is 0. The number of aliphatic hydroxyl groups is 2. The van der Waals surface area contributed by atoms with Crippen LogP contribution in [0.25, 0.3) is 0 Å². The molecule has 0 saturated carbocycles. The van der Waals surface area contributed by atoms with Gasteiger partial charge in [-0.2, -0.15) is 0 Å². The van der Waals surface area contributed by atoms with E-state index in [-0.39, 0.29) is 0 Å². The summed E-state index contributed by atoms with van der Waals surface area (Å²) in [7, 11) is 0. The highest BCUT2D eigenvalue weighted by molar-refractivity contribution is 6.27. The van der Waals surface area contributed by atoms with Gasteiger partial charge in [0.2, 0.25) is 0 Å². The van der Waals surface area contributed by atoms with Crippen LogP contribution in [0.4, 0.5) is 0 Å². The van der Waals surface area contributed by atoms with Crippen LogP contribution in [0.15, 0.2) is 24.3 Å². The zero-order chi connectivity index (χ0) is 9.64. The summed E-state index contributed by atoms with van der Waals surface area (Å²) in [6.45, 7) is 0. The van der Waals surface area contributed by atoms with Gasteiger partial charge in [0.05, 0.1) is 5.38 Å². The molecule has 2 nitrogen and oxygen atoms in total. The molecule has 0 amide bonds. The molecule has 70 valence electrons. The zero-order valence-electron chi connectivity index (χ0n) is 6.61. The van der Waals surface area contributed by atoms with Gasteiger partial charge in [-0.1, -0.05) is 35.9 Å². The number of alkyl halides is 2. The van der Waals surface area contributed by atoms with Crippen LogP contribution >= 0.6 is 23.2 Å². The Labute approximate surface area is 85.7 Å². The van der Waals surface area contributed by atoms with Crippen LogP contribution in [-0.2, 0) is 5.06 Å². The molecule has 3 atom stereocenters. The fraction of sp³-hybridized carbons (Fsp3) is 0.333. The number of hydrogen-bond acceptors (Lipinski definition) is 2. The quantitative estimate of drug-likeness (QED) is 0.652. The van der Waals surface area contributed by atoms with E-state index in [9.17, 15) is 10.2 Å². The second-order valence-corrected chi connectivity index (χ2v) is 4.15. The normalized spacial score (nSPS) is 37.5. The van der Waals surface area contributed by atoms with Gasteiger partial charge in [-0.3, -0.25) is 0 Å². The molecule has 1 aliphatic carbocycles. The molecule has 13 heavy (non-hydrogen) atoms. The van der Waals surface area contributed by atoms with Gasteiger partial charge in [0.25, 0.3) is 0 Å². The predicted octanol–water partition coefficient (Wildman–Crippen LogP) is 1.72. The van der Waals surface area contributed by atoms with Crippen LogP contribution in [0.3, 0.4) is 0 Å². The maximum absolute atomic E-state index is 9.72. The average Bonchev–Trinajstić information content (AvgIpc) is 2.30. The van der Waals surface area contributed by atoms with Gasteiger partial charge in [0.15, 0.2) is 5.06 Å². The van der Waals surface area contributed by atoms with Gasteiger partial charge >= 0.3 is 0 Å².